The number of aryl methyl sites for hydroxylation is 1. The summed E-state index contributed by atoms with van der Waals surface area (Å²) >= 11 is 0. The maximum Gasteiger partial charge on any atom is 0.109 e. The van der Waals surface area contributed by atoms with Gasteiger partial charge in [-0.1, -0.05) is 6.42 Å². The predicted octanol–water partition coefficient (Wildman–Crippen LogP) is 1.43. The number of aromatic nitrogens is 2. The van der Waals surface area contributed by atoms with Gasteiger partial charge in [0.15, 0.2) is 0 Å². The minimum absolute atomic E-state index is 0.659. The molecule has 4 nitrogen and oxygen atoms in total. The molecule has 0 amide bonds. The molecule has 2 rings (SSSR count). The van der Waals surface area contributed by atoms with Crippen molar-refractivity contribution < 1.29 is 0 Å². The number of hydrogen-bond acceptors (Lipinski definition) is 3. The van der Waals surface area contributed by atoms with Crippen LogP contribution >= 0.6 is 0 Å². The van der Waals surface area contributed by atoms with Gasteiger partial charge in [-0.15, -0.1) is 0 Å². The van der Waals surface area contributed by atoms with E-state index < -0.39 is 0 Å². The monoisotopic (exact) mass is 250 g/mol. The van der Waals surface area contributed by atoms with Gasteiger partial charge in [-0.05, 0) is 32.9 Å². The molecule has 0 aromatic carbocycles. The fourth-order valence-electron chi connectivity index (χ4n) is 2.64. The van der Waals surface area contributed by atoms with Crippen molar-refractivity contribution in [1.82, 2.24) is 19.8 Å². The number of likely N-dealkylation sites (tertiary alicyclic amines) is 1. The van der Waals surface area contributed by atoms with Gasteiger partial charge in [0.05, 0.1) is 0 Å². The van der Waals surface area contributed by atoms with Crippen molar-refractivity contribution in [3.8, 4) is 0 Å². The van der Waals surface area contributed by atoms with Crippen LogP contribution in [0.1, 0.15) is 32.0 Å². The number of piperidine rings is 1. The van der Waals surface area contributed by atoms with Crippen molar-refractivity contribution in [3.05, 3.63) is 18.2 Å². The van der Waals surface area contributed by atoms with Gasteiger partial charge in [-0.3, -0.25) is 4.90 Å². The van der Waals surface area contributed by atoms with Crippen LogP contribution in [-0.2, 0) is 13.5 Å². The van der Waals surface area contributed by atoms with Gasteiger partial charge in [0.1, 0.15) is 5.82 Å². The fourth-order valence-corrected chi connectivity index (χ4v) is 2.64. The zero-order chi connectivity index (χ0) is 12.8. The van der Waals surface area contributed by atoms with Gasteiger partial charge in [-0.2, -0.15) is 0 Å². The largest absolute Gasteiger partial charge is 0.338 e. The second-order valence-electron chi connectivity index (χ2n) is 5.35. The van der Waals surface area contributed by atoms with Crippen molar-refractivity contribution in [1.29, 1.82) is 0 Å². The smallest absolute Gasteiger partial charge is 0.109 e. The lowest BCUT2D eigenvalue weighted by Crippen LogP contribution is -2.43. The Morgan fingerprint density at radius 1 is 1.33 bits per heavy atom. The second kappa shape index (κ2) is 6.90. The molecule has 0 spiro atoms. The maximum atomic E-state index is 4.33. The van der Waals surface area contributed by atoms with Crippen LogP contribution in [0, 0.1) is 0 Å². The Hall–Kier alpha value is -0.870. The minimum Gasteiger partial charge on any atom is -0.338 e. The maximum absolute atomic E-state index is 4.33. The lowest BCUT2D eigenvalue weighted by Gasteiger charge is -2.32. The normalized spacial score (nSPS) is 19.0. The molecule has 1 fully saturated rings. The highest BCUT2D eigenvalue weighted by molar-refractivity contribution is 4.91. The Bertz CT molecular complexity index is 341. The first-order chi connectivity index (χ1) is 8.77. The first-order valence-electron chi connectivity index (χ1n) is 7.18. The van der Waals surface area contributed by atoms with E-state index in [9.17, 15) is 0 Å². The SMILES string of the molecule is CC(CNCCc1nccn1C)N1CCCCC1. The van der Waals surface area contributed by atoms with E-state index in [0.29, 0.717) is 6.04 Å². The van der Waals surface area contributed by atoms with E-state index >= 15 is 0 Å². The summed E-state index contributed by atoms with van der Waals surface area (Å²) in [5.41, 5.74) is 0. The molecule has 18 heavy (non-hydrogen) atoms. The quantitative estimate of drug-likeness (QED) is 0.775. The van der Waals surface area contributed by atoms with Crippen molar-refractivity contribution >= 4 is 0 Å². The summed E-state index contributed by atoms with van der Waals surface area (Å²) in [5.74, 6) is 1.16. The summed E-state index contributed by atoms with van der Waals surface area (Å²) in [7, 11) is 2.05. The summed E-state index contributed by atoms with van der Waals surface area (Å²) in [6.45, 7) is 7.00. The topological polar surface area (TPSA) is 33.1 Å². The Morgan fingerprint density at radius 3 is 2.78 bits per heavy atom. The number of rotatable bonds is 6. The van der Waals surface area contributed by atoms with Crippen molar-refractivity contribution in [2.45, 2.75) is 38.6 Å². The van der Waals surface area contributed by atoms with Gasteiger partial charge in [0.2, 0.25) is 0 Å². The van der Waals surface area contributed by atoms with E-state index in [1.165, 1.54) is 32.4 Å². The molecule has 0 saturated carbocycles. The number of hydrogen-bond donors (Lipinski definition) is 1. The van der Waals surface area contributed by atoms with Crippen LogP contribution in [0.25, 0.3) is 0 Å². The zero-order valence-electron chi connectivity index (χ0n) is 11.7. The third-order valence-electron chi connectivity index (χ3n) is 3.90. The van der Waals surface area contributed by atoms with E-state index in [0.717, 1.165) is 25.3 Å². The number of nitrogens with zero attached hydrogens (tertiary/aromatic N) is 3. The van der Waals surface area contributed by atoms with Crippen LogP contribution in [-0.4, -0.2) is 46.7 Å². The molecule has 2 heterocycles. The van der Waals surface area contributed by atoms with Gasteiger partial charge in [0, 0.05) is 45.0 Å². The fraction of sp³-hybridized carbons (Fsp3) is 0.786. The highest BCUT2D eigenvalue weighted by Gasteiger charge is 2.15. The summed E-state index contributed by atoms with van der Waals surface area (Å²) in [6.07, 6.45) is 9.04. The molecule has 0 bridgehead atoms. The molecule has 1 saturated heterocycles. The summed E-state index contributed by atoms with van der Waals surface area (Å²) in [6, 6.07) is 0.659. The van der Waals surface area contributed by atoms with Crippen LogP contribution in [0.3, 0.4) is 0 Å². The molecule has 1 atom stereocenters. The van der Waals surface area contributed by atoms with Crippen molar-refractivity contribution in [2.24, 2.45) is 7.05 Å². The number of imidazole rings is 1. The predicted molar refractivity (Wildman–Crippen MR) is 74.7 cm³/mol. The minimum atomic E-state index is 0.659. The molecule has 4 heteroatoms. The molecule has 1 aliphatic rings. The van der Waals surface area contributed by atoms with E-state index in [-0.39, 0.29) is 0 Å². The highest BCUT2D eigenvalue weighted by Crippen LogP contribution is 2.11. The standard InChI is InChI=1S/C14H26N4/c1-13(18-9-4-3-5-10-18)12-15-7-6-14-16-8-11-17(14)2/h8,11,13,15H,3-7,9-10,12H2,1-2H3. The average Bonchev–Trinajstić information content (AvgIpc) is 2.81. The molecular formula is C14H26N4. The second-order valence-corrected chi connectivity index (χ2v) is 5.35. The first-order valence-corrected chi connectivity index (χ1v) is 7.18. The third-order valence-corrected chi connectivity index (χ3v) is 3.90. The molecule has 1 aromatic heterocycles. The highest BCUT2D eigenvalue weighted by atomic mass is 15.2. The average molecular weight is 250 g/mol. The summed E-state index contributed by atoms with van der Waals surface area (Å²) < 4.78 is 2.09. The van der Waals surface area contributed by atoms with Crippen LogP contribution in [0.2, 0.25) is 0 Å². The van der Waals surface area contributed by atoms with E-state index in [1.807, 2.05) is 12.4 Å². The molecule has 1 aliphatic heterocycles. The van der Waals surface area contributed by atoms with Crippen LogP contribution in [0.4, 0.5) is 0 Å². The zero-order valence-corrected chi connectivity index (χ0v) is 11.7. The van der Waals surface area contributed by atoms with Gasteiger partial charge >= 0.3 is 0 Å². The Balaban J connectivity index is 1.61. The van der Waals surface area contributed by atoms with Crippen LogP contribution in [0.5, 0.6) is 0 Å². The van der Waals surface area contributed by atoms with E-state index in [4.69, 9.17) is 0 Å². The van der Waals surface area contributed by atoms with Crippen molar-refractivity contribution in [2.75, 3.05) is 26.2 Å². The molecular weight excluding hydrogens is 224 g/mol. The molecule has 1 aromatic rings. The lowest BCUT2D eigenvalue weighted by molar-refractivity contribution is 0.171. The van der Waals surface area contributed by atoms with Crippen LogP contribution in [0.15, 0.2) is 12.4 Å². The van der Waals surface area contributed by atoms with Crippen LogP contribution < -0.4 is 5.32 Å². The summed E-state index contributed by atoms with van der Waals surface area (Å²) in [5, 5.41) is 3.55. The van der Waals surface area contributed by atoms with E-state index in [2.05, 4.69) is 33.7 Å². The Kier molecular flexibility index (Phi) is 5.20. The lowest BCUT2D eigenvalue weighted by atomic mass is 10.1. The Morgan fingerprint density at radius 2 is 2.11 bits per heavy atom. The molecule has 0 radical (unpaired) electrons. The molecule has 0 aliphatic carbocycles. The van der Waals surface area contributed by atoms with Gasteiger partial charge in [0.25, 0.3) is 0 Å². The Labute approximate surface area is 110 Å². The number of nitrogens with one attached hydrogen (secondary N) is 1. The molecule has 102 valence electrons. The van der Waals surface area contributed by atoms with Gasteiger partial charge < -0.3 is 9.88 Å². The van der Waals surface area contributed by atoms with E-state index in [1.54, 1.807) is 0 Å². The third kappa shape index (κ3) is 3.82. The summed E-state index contributed by atoms with van der Waals surface area (Å²) in [4.78, 5) is 6.94. The first kappa shape index (κ1) is 13.6. The van der Waals surface area contributed by atoms with Gasteiger partial charge in [-0.25, -0.2) is 4.98 Å². The molecule has 1 unspecified atom stereocenters. The molecule has 1 N–H and O–H groups in total. The van der Waals surface area contributed by atoms with Crippen molar-refractivity contribution in [3.63, 3.8) is 0 Å².